The zero-order valence-electron chi connectivity index (χ0n) is 14.9. The van der Waals surface area contributed by atoms with Crippen LogP contribution in [0, 0.1) is 0 Å². The van der Waals surface area contributed by atoms with Gasteiger partial charge in [-0.05, 0) is 12.1 Å². The van der Waals surface area contributed by atoms with E-state index in [1.807, 2.05) is 30.3 Å². The van der Waals surface area contributed by atoms with Gasteiger partial charge in [0.15, 0.2) is 0 Å². The van der Waals surface area contributed by atoms with Crippen molar-refractivity contribution in [3.8, 4) is 0 Å². The Morgan fingerprint density at radius 2 is 0.778 bits per heavy atom. The first-order valence-corrected chi connectivity index (χ1v) is 10.7. The van der Waals surface area contributed by atoms with Gasteiger partial charge in [-0.1, -0.05) is 109 Å². The average molecular weight is 368 g/mol. The number of anilines is 1. The number of rotatable bonds is 5. The van der Waals surface area contributed by atoms with Crippen molar-refractivity contribution in [3.63, 3.8) is 0 Å². The van der Waals surface area contributed by atoms with Crippen LogP contribution in [0.25, 0.3) is 0 Å². The highest BCUT2D eigenvalue weighted by Gasteiger charge is 2.27. The van der Waals surface area contributed by atoms with E-state index in [-0.39, 0.29) is 0 Å². The van der Waals surface area contributed by atoms with E-state index in [2.05, 4.69) is 96.4 Å². The number of benzene rings is 4. The molecule has 0 fully saturated rings. The van der Waals surface area contributed by atoms with Crippen LogP contribution in [0.2, 0.25) is 0 Å². The molecule has 27 heavy (non-hydrogen) atoms. The van der Waals surface area contributed by atoms with Gasteiger partial charge in [0.05, 0.1) is 12.7 Å². The standard InChI is InChI=1S/C24H21N2P/c1-5-13-21(14-6-1)25-26-27(22-15-7-2-8-16-22,23-17-9-3-10-18-23)24-19-11-4-12-20-24/h1-20,25H. The summed E-state index contributed by atoms with van der Waals surface area (Å²) < 4.78 is 0. The van der Waals surface area contributed by atoms with Crippen molar-refractivity contribution in [2.75, 3.05) is 5.43 Å². The molecular formula is C24H21N2P. The van der Waals surface area contributed by atoms with Crippen molar-refractivity contribution in [2.24, 2.45) is 4.85 Å². The second kappa shape index (κ2) is 8.07. The van der Waals surface area contributed by atoms with E-state index in [1.165, 1.54) is 15.9 Å². The topological polar surface area (TPSA) is 24.4 Å². The number of hydrogen-bond donors (Lipinski definition) is 1. The van der Waals surface area contributed by atoms with E-state index in [1.54, 1.807) is 0 Å². The highest BCUT2D eigenvalue weighted by molar-refractivity contribution is 7.87. The molecule has 0 bridgehead atoms. The molecule has 0 saturated heterocycles. The Morgan fingerprint density at radius 1 is 0.444 bits per heavy atom. The van der Waals surface area contributed by atoms with Crippen molar-refractivity contribution >= 4 is 28.7 Å². The van der Waals surface area contributed by atoms with Gasteiger partial charge in [0.2, 0.25) is 0 Å². The van der Waals surface area contributed by atoms with Gasteiger partial charge in [-0.25, -0.2) is 0 Å². The van der Waals surface area contributed by atoms with Crippen LogP contribution >= 0.6 is 7.05 Å². The Hall–Kier alpha value is -3.09. The fourth-order valence-electron chi connectivity index (χ4n) is 3.20. The zero-order valence-corrected chi connectivity index (χ0v) is 15.8. The molecule has 3 heteroatoms. The minimum absolute atomic E-state index is 0.990. The summed E-state index contributed by atoms with van der Waals surface area (Å²) in [5, 5.41) is 3.68. The van der Waals surface area contributed by atoms with Gasteiger partial charge in [-0.3, -0.25) is 5.43 Å². The molecule has 2 nitrogen and oxygen atoms in total. The van der Waals surface area contributed by atoms with Crippen molar-refractivity contribution in [1.82, 2.24) is 0 Å². The van der Waals surface area contributed by atoms with Crippen LogP contribution in [0.3, 0.4) is 0 Å². The first kappa shape index (κ1) is 17.3. The highest BCUT2D eigenvalue weighted by atomic mass is 31.2. The molecule has 0 radical (unpaired) electrons. The van der Waals surface area contributed by atoms with E-state index in [0.717, 1.165) is 5.69 Å². The van der Waals surface area contributed by atoms with E-state index in [4.69, 9.17) is 4.85 Å². The highest BCUT2D eigenvalue weighted by Crippen LogP contribution is 2.46. The predicted molar refractivity (Wildman–Crippen MR) is 118 cm³/mol. The Morgan fingerprint density at radius 3 is 1.15 bits per heavy atom. The second-order valence-electron chi connectivity index (χ2n) is 6.22. The van der Waals surface area contributed by atoms with Crippen molar-refractivity contribution in [1.29, 1.82) is 0 Å². The third-order valence-electron chi connectivity index (χ3n) is 4.49. The molecular weight excluding hydrogens is 347 g/mol. The Bertz CT molecular complexity index is 927. The lowest BCUT2D eigenvalue weighted by atomic mass is 10.3. The van der Waals surface area contributed by atoms with Gasteiger partial charge in [0.25, 0.3) is 0 Å². The molecule has 0 unspecified atom stereocenters. The van der Waals surface area contributed by atoms with Crippen LogP contribution in [0.15, 0.2) is 126 Å². The molecule has 0 aromatic heterocycles. The van der Waals surface area contributed by atoms with Crippen LogP contribution in [0.4, 0.5) is 5.69 Å². The maximum Gasteiger partial charge on any atom is 0.0812 e. The quantitative estimate of drug-likeness (QED) is 0.380. The molecule has 132 valence electrons. The fourth-order valence-corrected chi connectivity index (χ4v) is 6.51. The van der Waals surface area contributed by atoms with E-state index >= 15 is 0 Å². The first-order chi connectivity index (χ1) is 13.4. The minimum atomic E-state index is -2.20. The number of nitrogens with zero attached hydrogens (tertiary/aromatic N) is 1. The third-order valence-corrected chi connectivity index (χ3v) is 8.03. The van der Waals surface area contributed by atoms with Crippen LogP contribution in [0.1, 0.15) is 0 Å². The number of nitrogens with one attached hydrogen (secondary N) is 1. The van der Waals surface area contributed by atoms with Crippen LogP contribution in [-0.2, 0) is 0 Å². The molecule has 4 aromatic carbocycles. The summed E-state index contributed by atoms with van der Waals surface area (Å²) in [6.07, 6.45) is 0. The number of para-hydroxylation sites is 1. The van der Waals surface area contributed by atoms with Crippen LogP contribution < -0.4 is 21.3 Å². The summed E-state index contributed by atoms with van der Waals surface area (Å²) in [4.78, 5) is 5.20. The van der Waals surface area contributed by atoms with E-state index in [9.17, 15) is 0 Å². The monoisotopic (exact) mass is 368 g/mol. The fraction of sp³-hybridized carbons (Fsp3) is 0. The van der Waals surface area contributed by atoms with Gasteiger partial charge in [0, 0.05) is 15.9 Å². The molecule has 0 aliphatic rings. The van der Waals surface area contributed by atoms with Gasteiger partial charge in [-0.2, -0.15) is 4.85 Å². The maximum atomic E-state index is 5.20. The van der Waals surface area contributed by atoms with Crippen LogP contribution in [0.5, 0.6) is 0 Å². The molecule has 0 amide bonds. The second-order valence-corrected chi connectivity index (χ2v) is 9.24. The molecule has 0 spiro atoms. The lowest BCUT2D eigenvalue weighted by molar-refractivity contribution is 1.37. The van der Waals surface area contributed by atoms with Gasteiger partial charge in [0.1, 0.15) is 0 Å². The SMILES string of the molecule is c1ccc(NN=P(c2ccccc2)(c2ccccc2)c2ccccc2)cc1. The molecule has 1 N–H and O–H groups in total. The molecule has 4 aromatic rings. The van der Waals surface area contributed by atoms with Gasteiger partial charge >= 0.3 is 0 Å². The number of hydrogen-bond acceptors (Lipinski definition) is 1. The molecule has 0 aliphatic carbocycles. The lowest BCUT2D eigenvalue weighted by Crippen LogP contribution is -2.26. The maximum absolute atomic E-state index is 5.20. The molecule has 0 saturated carbocycles. The van der Waals surface area contributed by atoms with Crippen LogP contribution in [-0.4, -0.2) is 0 Å². The van der Waals surface area contributed by atoms with E-state index in [0.29, 0.717) is 0 Å². The van der Waals surface area contributed by atoms with Gasteiger partial charge < -0.3 is 0 Å². The lowest BCUT2D eigenvalue weighted by Gasteiger charge is -2.26. The molecule has 0 atom stereocenters. The summed E-state index contributed by atoms with van der Waals surface area (Å²) in [6, 6.07) is 42.0. The van der Waals surface area contributed by atoms with Crippen molar-refractivity contribution < 1.29 is 0 Å². The summed E-state index contributed by atoms with van der Waals surface area (Å²) in [5.41, 5.74) is 4.35. The first-order valence-electron chi connectivity index (χ1n) is 8.99. The molecule has 0 heterocycles. The summed E-state index contributed by atoms with van der Waals surface area (Å²) in [7, 11) is -2.20. The summed E-state index contributed by atoms with van der Waals surface area (Å²) >= 11 is 0. The Kier molecular flexibility index (Phi) is 5.18. The van der Waals surface area contributed by atoms with Gasteiger partial charge in [-0.15, -0.1) is 0 Å². The summed E-state index contributed by atoms with van der Waals surface area (Å²) in [6.45, 7) is 0. The van der Waals surface area contributed by atoms with E-state index < -0.39 is 7.05 Å². The molecule has 4 rings (SSSR count). The zero-order chi connectivity index (χ0) is 18.4. The molecule has 0 aliphatic heterocycles. The summed E-state index contributed by atoms with van der Waals surface area (Å²) in [5.74, 6) is 0. The smallest absolute Gasteiger partial charge is 0.0812 e. The third kappa shape index (κ3) is 3.58. The predicted octanol–water partition coefficient (Wildman–Crippen LogP) is 5.19. The van der Waals surface area contributed by atoms with Crippen molar-refractivity contribution in [2.45, 2.75) is 0 Å². The minimum Gasteiger partial charge on any atom is -0.279 e. The Balaban J connectivity index is 2.00. The largest absolute Gasteiger partial charge is 0.279 e. The Labute approximate surface area is 160 Å². The normalized spacial score (nSPS) is 11.0. The average Bonchev–Trinajstić information content (AvgIpc) is 2.77. The van der Waals surface area contributed by atoms with Crippen molar-refractivity contribution in [3.05, 3.63) is 121 Å².